The Balaban J connectivity index is 2.01. The molecule has 0 spiro atoms. The third kappa shape index (κ3) is 4.02. The van der Waals surface area contributed by atoms with Crippen LogP contribution in [0.5, 0.6) is 0 Å². The van der Waals surface area contributed by atoms with Crippen molar-refractivity contribution in [3.63, 3.8) is 0 Å². The topological polar surface area (TPSA) is 58.4 Å². The number of nitrogens with zero attached hydrogens (tertiary/aromatic N) is 1. The molecular weight excluding hydrogens is 282 g/mol. The molecule has 0 radical (unpaired) electrons. The SMILES string of the molecule is CC(C)C1CCCN1CC(=O)Nc1ccccc1C(N)=S. The summed E-state index contributed by atoms with van der Waals surface area (Å²) in [6, 6.07) is 7.88. The second-order valence-electron chi connectivity index (χ2n) is 5.88. The molecule has 1 heterocycles. The van der Waals surface area contributed by atoms with Crippen molar-refractivity contribution in [3.8, 4) is 0 Å². The maximum Gasteiger partial charge on any atom is 0.238 e. The normalized spacial score (nSPS) is 18.9. The zero-order chi connectivity index (χ0) is 15.4. The summed E-state index contributed by atoms with van der Waals surface area (Å²) >= 11 is 5.01. The minimum absolute atomic E-state index is 0.00810. The van der Waals surface area contributed by atoms with Crippen molar-refractivity contribution in [1.82, 2.24) is 4.90 Å². The van der Waals surface area contributed by atoms with E-state index in [1.54, 1.807) is 0 Å². The number of carbonyl (C=O) groups is 1. The van der Waals surface area contributed by atoms with E-state index in [1.807, 2.05) is 24.3 Å². The number of para-hydroxylation sites is 1. The average Bonchev–Trinajstić information content (AvgIpc) is 2.87. The van der Waals surface area contributed by atoms with Gasteiger partial charge in [0.2, 0.25) is 5.91 Å². The van der Waals surface area contributed by atoms with E-state index in [4.69, 9.17) is 18.0 Å². The number of nitrogens with two attached hydrogens (primary N) is 1. The van der Waals surface area contributed by atoms with Crippen molar-refractivity contribution >= 4 is 28.8 Å². The molecule has 5 heteroatoms. The van der Waals surface area contributed by atoms with Crippen LogP contribution in [0.4, 0.5) is 5.69 Å². The number of hydrogen-bond donors (Lipinski definition) is 2. The Morgan fingerprint density at radius 2 is 2.19 bits per heavy atom. The number of likely N-dealkylation sites (tertiary alicyclic amines) is 1. The number of anilines is 1. The quantitative estimate of drug-likeness (QED) is 0.820. The van der Waals surface area contributed by atoms with Gasteiger partial charge in [-0.1, -0.05) is 38.2 Å². The Labute approximate surface area is 131 Å². The second kappa shape index (κ2) is 7.00. The fourth-order valence-corrected chi connectivity index (χ4v) is 3.16. The molecule has 3 N–H and O–H groups in total. The summed E-state index contributed by atoms with van der Waals surface area (Å²) in [5, 5.41) is 2.93. The Morgan fingerprint density at radius 3 is 2.86 bits per heavy atom. The average molecular weight is 305 g/mol. The van der Waals surface area contributed by atoms with Crippen molar-refractivity contribution in [2.45, 2.75) is 32.7 Å². The highest BCUT2D eigenvalue weighted by Gasteiger charge is 2.28. The fourth-order valence-electron chi connectivity index (χ4n) is 2.98. The predicted octanol–water partition coefficient (Wildman–Crippen LogP) is 2.38. The van der Waals surface area contributed by atoms with Gasteiger partial charge in [0, 0.05) is 11.6 Å². The summed E-state index contributed by atoms with van der Waals surface area (Å²) in [5.41, 5.74) is 7.09. The number of hydrogen-bond acceptors (Lipinski definition) is 3. The molecule has 0 aliphatic carbocycles. The Kier molecular flexibility index (Phi) is 5.31. The summed E-state index contributed by atoms with van der Waals surface area (Å²) in [7, 11) is 0. The van der Waals surface area contributed by atoms with Crippen molar-refractivity contribution in [2.75, 3.05) is 18.4 Å². The zero-order valence-corrected chi connectivity index (χ0v) is 13.5. The molecule has 114 valence electrons. The molecule has 1 aromatic carbocycles. The van der Waals surface area contributed by atoms with Crippen LogP contribution in [-0.4, -0.2) is 34.9 Å². The van der Waals surface area contributed by atoms with Gasteiger partial charge in [0.05, 0.1) is 12.2 Å². The van der Waals surface area contributed by atoms with Crippen LogP contribution in [-0.2, 0) is 4.79 Å². The van der Waals surface area contributed by atoms with Gasteiger partial charge in [-0.15, -0.1) is 0 Å². The summed E-state index contributed by atoms with van der Waals surface area (Å²) in [5.74, 6) is 0.565. The fraction of sp³-hybridized carbons (Fsp3) is 0.500. The molecule has 2 rings (SSSR count). The van der Waals surface area contributed by atoms with Crippen molar-refractivity contribution in [3.05, 3.63) is 29.8 Å². The van der Waals surface area contributed by atoms with Gasteiger partial charge in [-0.3, -0.25) is 9.69 Å². The van der Waals surface area contributed by atoms with Gasteiger partial charge >= 0.3 is 0 Å². The van der Waals surface area contributed by atoms with Crippen LogP contribution in [0, 0.1) is 5.92 Å². The maximum absolute atomic E-state index is 12.3. The van der Waals surface area contributed by atoms with Crippen molar-refractivity contribution < 1.29 is 4.79 Å². The van der Waals surface area contributed by atoms with Gasteiger partial charge in [-0.05, 0) is 37.4 Å². The monoisotopic (exact) mass is 305 g/mol. The van der Waals surface area contributed by atoms with E-state index < -0.39 is 0 Å². The highest BCUT2D eigenvalue weighted by Crippen LogP contribution is 2.23. The van der Waals surface area contributed by atoms with Crippen LogP contribution in [0.15, 0.2) is 24.3 Å². The lowest BCUT2D eigenvalue weighted by atomic mass is 10.0. The van der Waals surface area contributed by atoms with Crippen molar-refractivity contribution in [1.29, 1.82) is 0 Å². The van der Waals surface area contributed by atoms with Gasteiger partial charge in [0.15, 0.2) is 0 Å². The highest BCUT2D eigenvalue weighted by molar-refractivity contribution is 7.80. The molecule has 1 fully saturated rings. The van der Waals surface area contributed by atoms with Gasteiger partial charge in [-0.25, -0.2) is 0 Å². The van der Waals surface area contributed by atoms with E-state index >= 15 is 0 Å². The molecule has 0 saturated carbocycles. The maximum atomic E-state index is 12.3. The molecule has 1 amide bonds. The Morgan fingerprint density at radius 1 is 1.48 bits per heavy atom. The van der Waals surface area contributed by atoms with Crippen LogP contribution in [0.1, 0.15) is 32.3 Å². The molecule has 1 saturated heterocycles. The van der Waals surface area contributed by atoms with Crippen LogP contribution >= 0.6 is 12.2 Å². The van der Waals surface area contributed by atoms with Gasteiger partial charge < -0.3 is 11.1 Å². The molecule has 4 nitrogen and oxygen atoms in total. The Bertz CT molecular complexity index is 530. The number of rotatable bonds is 5. The van der Waals surface area contributed by atoms with Crippen LogP contribution in [0.3, 0.4) is 0 Å². The van der Waals surface area contributed by atoms with Crippen LogP contribution in [0.2, 0.25) is 0 Å². The number of benzene rings is 1. The largest absolute Gasteiger partial charge is 0.389 e. The smallest absolute Gasteiger partial charge is 0.238 e. The first-order valence-electron chi connectivity index (χ1n) is 7.41. The molecule has 1 unspecified atom stereocenters. The first kappa shape index (κ1) is 15.9. The van der Waals surface area contributed by atoms with E-state index in [9.17, 15) is 4.79 Å². The van der Waals surface area contributed by atoms with E-state index in [0.717, 1.165) is 6.54 Å². The molecule has 1 aromatic rings. The first-order valence-corrected chi connectivity index (χ1v) is 7.82. The minimum Gasteiger partial charge on any atom is -0.389 e. The molecule has 0 bridgehead atoms. The van der Waals surface area contributed by atoms with Crippen molar-refractivity contribution in [2.24, 2.45) is 11.7 Å². The third-order valence-electron chi connectivity index (χ3n) is 4.00. The predicted molar refractivity (Wildman–Crippen MR) is 90.4 cm³/mol. The Hall–Kier alpha value is -1.46. The lowest BCUT2D eigenvalue weighted by Gasteiger charge is -2.27. The molecule has 1 aliphatic heterocycles. The lowest BCUT2D eigenvalue weighted by molar-refractivity contribution is -0.117. The number of thiocarbonyl (C=S) groups is 1. The number of carbonyl (C=O) groups excluding carboxylic acids is 1. The molecular formula is C16H23N3OS. The highest BCUT2D eigenvalue weighted by atomic mass is 32.1. The standard InChI is InChI=1S/C16H23N3OS/c1-11(2)14-8-5-9-19(14)10-15(20)18-13-7-4-3-6-12(13)16(17)21/h3-4,6-7,11,14H,5,8-10H2,1-2H3,(H2,17,21)(H,18,20). The van der Waals surface area contributed by atoms with E-state index in [2.05, 4.69) is 24.1 Å². The summed E-state index contributed by atoms with van der Waals surface area (Å²) in [6.45, 7) is 5.84. The molecule has 1 atom stereocenters. The summed E-state index contributed by atoms with van der Waals surface area (Å²) < 4.78 is 0. The third-order valence-corrected chi connectivity index (χ3v) is 4.22. The lowest BCUT2D eigenvalue weighted by Crippen LogP contribution is -2.39. The van der Waals surface area contributed by atoms with Gasteiger partial charge in [0.1, 0.15) is 4.99 Å². The van der Waals surface area contributed by atoms with Crippen LogP contribution < -0.4 is 11.1 Å². The molecule has 21 heavy (non-hydrogen) atoms. The number of nitrogens with one attached hydrogen (secondary N) is 1. The summed E-state index contributed by atoms with van der Waals surface area (Å²) in [4.78, 5) is 14.8. The summed E-state index contributed by atoms with van der Waals surface area (Å²) in [6.07, 6.45) is 2.34. The first-order chi connectivity index (χ1) is 9.99. The number of amides is 1. The van der Waals surface area contributed by atoms with Gasteiger partial charge in [0.25, 0.3) is 0 Å². The van der Waals surface area contributed by atoms with Crippen LogP contribution in [0.25, 0.3) is 0 Å². The molecule has 0 aromatic heterocycles. The van der Waals surface area contributed by atoms with E-state index in [0.29, 0.717) is 34.7 Å². The molecule has 1 aliphatic rings. The minimum atomic E-state index is -0.00810. The van der Waals surface area contributed by atoms with E-state index in [-0.39, 0.29) is 5.91 Å². The van der Waals surface area contributed by atoms with Gasteiger partial charge in [-0.2, -0.15) is 0 Å². The second-order valence-corrected chi connectivity index (χ2v) is 6.32. The zero-order valence-electron chi connectivity index (χ0n) is 12.6. The van der Waals surface area contributed by atoms with E-state index in [1.165, 1.54) is 12.8 Å².